The van der Waals surface area contributed by atoms with Gasteiger partial charge in [0.05, 0.1) is 26.7 Å². The molecule has 1 aromatic carbocycles. The monoisotopic (exact) mass is 367 g/mol. The van der Waals surface area contributed by atoms with Crippen molar-refractivity contribution in [3.63, 3.8) is 0 Å². The lowest BCUT2D eigenvalue weighted by atomic mass is 10.0. The van der Waals surface area contributed by atoms with E-state index in [0.717, 1.165) is 11.3 Å². The van der Waals surface area contributed by atoms with Gasteiger partial charge in [-0.1, -0.05) is 18.2 Å². The van der Waals surface area contributed by atoms with Gasteiger partial charge in [-0.15, -0.1) is 0 Å². The molecule has 1 amide bonds. The van der Waals surface area contributed by atoms with Crippen molar-refractivity contribution in [3.05, 3.63) is 65.6 Å². The number of hydrogen-bond donors (Lipinski definition) is 1. The number of carbonyl (C=O) groups excluding carboxylic acids is 2. The maximum Gasteiger partial charge on any atom is 0.307 e. The Bertz CT molecular complexity index is 963. The average molecular weight is 367 g/mol. The minimum absolute atomic E-state index is 0.0148. The Morgan fingerprint density at radius 1 is 1.15 bits per heavy atom. The number of rotatable bonds is 6. The maximum atomic E-state index is 12.7. The maximum absolute atomic E-state index is 12.7. The van der Waals surface area contributed by atoms with Crippen molar-refractivity contribution in [1.82, 2.24) is 14.7 Å². The third-order valence-corrected chi connectivity index (χ3v) is 4.35. The fourth-order valence-corrected chi connectivity index (χ4v) is 2.83. The second-order valence-corrected chi connectivity index (χ2v) is 6.10. The van der Waals surface area contributed by atoms with E-state index in [4.69, 9.17) is 9.47 Å². The summed E-state index contributed by atoms with van der Waals surface area (Å²) < 4.78 is 11.8. The van der Waals surface area contributed by atoms with Crippen molar-refractivity contribution >= 4 is 17.5 Å². The van der Waals surface area contributed by atoms with E-state index in [2.05, 4.69) is 10.3 Å². The normalized spacial score (nSPS) is 11.8. The largest absolute Gasteiger partial charge is 0.497 e. The molecule has 0 aliphatic carbocycles. The molecule has 2 aromatic heterocycles. The van der Waals surface area contributed by atoms with Crippen LogP contribution < -0.4 is 10.1 Å². The molecule has 0 saturated carbocycles. The Kier molecular flexibility index (Phi) is 5.40. The van der Waals surface area contributed by atoms with Crippen LogP contribution in [0.25, 0.3) is 5.65 Å². The SMILES string of the molecule is COC(=O)C[C@H](NC(=O)c1cn2c(C)cccc2n1)c1ccc(OC)cc1. The van der Waals surface area contributed by atoms with Gasteiger partial charge < -0.3 is 19.2 Å². The van der Waals surface area contributed by atoms with Gasteiger partial charge in [0.1, 0.15) is 17.1 Å². The molecule has 1 atom stereocenters. The molecule has 0 fully saturated rings. The number of methoxy groups -OCH3 is 2. The molecule has 0 aliphatic rings. The molecule has 27 heavy (non-hydrogen) atoms. The number of nitrogens with zero attached hydrogens (tertiary/aromatic N) is 2. The number of esters is 1. The number of ether oxygens (including phenoxy) is 2. The Hall–Kier alpha value is -3.35. The van der Waals surface area contributed by atoms with Gasteiger partial charge in [0.15, 0.2) is 0 Å². The van der Waals surface area contributed by atoms with Crippen LogP contribution in [-0.2, 0) is 9.53 Å². The zero-order valence-corrected chi connectivity index (χ0v) is 15.4. The van der Waals surface area contributed by atoms with Crippen LogP contribution in [-0.4, -0.2) is 35.5 Å². The Balaban J connectivity index is 1.86. The minimum Gasteiger partial charge on any atom is -0.497 e. The van der Waals surface area contributed by atoms with Crippen LogP contribution in [0.5, 0.6) is 5.75 Å². The first-order chi connectivity index (χ1) is 13.0. The number of nitrogens with one attached hydrogen (secondary N) is 1. The van der Waals surface area contributed by atoms with Crippen LogP contribution in [0.15, 0.2) is 48.7 Å². The molecule has 1 N–H and O–H groups in total. The van der Waals surface area contributed by atoms with Crippen molar-refractivity contribution in [2.75, 3.05) is 14.2 Å². The third-order valence-electron chi connectivity index (χ3n) is 4.35. The van der Waals surface area contributed by atoms with Crippen LogP contribution >= 0.6 is 0 Å². The predicted octanol–water partition coefficient (Wildman–Crippen LogP) is 2.69. The number of hydrogen-bond acceptors (Lipinski definition) is 5. The van der Waals surface area contributed by atoms with Gasteiger partial charge >= 0.3 is 5.97 Å². The molecule has 0 aliphatic heterocycles. The molecule has 2 heterocycles. The average Bonchev–Trinajstić information content (AvgIpc) is 3.13. The quantitative estimate of drug-likeness (QED) is 0.678. The van der Waals surface area contributed by atoms with Crippen LogP contribution in [0.3, 0.4) is 0 Å². The minimum atomic E-state index is -0.540. The van der Waals surface area contributed by atoms with Crippen molar-refractivity contribution in [3.8, 4) is 5.75 Å². The number of pyridine rings is 1. The van der Waals surface area contributed by atoms with E-state index in [1.165, 1.54) is 7.11 Å². The van der Waals surface area contributed by atoms with Crippen LogP contribution in [0, 0.1) is 6.92 Å². The van der Waals surface area contributed by atoms with Crippen LogP contribution in [0.1, 0.15) is 34.2 Å². The smallest absolute Gasteiger partial charge is 0.307 e. The number of imidazole rings is 1. The van der Waals surface area contributed by atoms with Gasteiger partial charge in [-0.25, -0.2) is 4.98 Å². The van der Waals surface area contributed by atoms with Crippen molar-refractivity contribution in [1.29, 1.82) is 0 Å². The van der Waals surface area contributed by atoms with E-state index in [9.17, 15) is 9.59 Å². The highest BCUT2D eigenvalue weighted by Gasteiger charge is 2.21. The van der Waals surface area contributed by atoms with E-state index >= 15 is 0 Å². The highest BCUT2D eigenvalue weighted by Crippen LogP contribution is 2.21. The Morgan fingerprint density at radius 2 is 1.89 bits per heavy atom. The van der Waals surface area contributed by atoms with Crippen LogP contribution in [0.4, 0.5) is 0 Å². The predicted molar refractivity (Wildman–Crippen MR) is 99.8 cm³/mol. The Morgan fingerprint density at radius 3 is 2.52 bits per heavy atom. The fourth-order valence-electron chi connectivity index (χ4n) is 2.83. The van der Waals surface area contributed by atoms with Crippen LogP contribution in [0.2, 0.25) is 0 Å². The standard InChI is InChI=1S/C20H21N3O4/c1-13-5-4-6-18-21-17(12-23(13)18)20(25)22-16(11-19(24)27-3)14-7-9-15(26-2)10-8-14/h4-10,12,16H,11H2,1-3H3,(H,22,25)/t16-/m0/s1. The summed E-state index contributed by atoms with van der Waals surface area (Å²) in [5, 5.41) is 2.88. The van der Waals surface area contributed by atoms with Crippen molar-refractivity contribution < 1.29 is 19.1 Å². The van der Waals surface area contributed by atoms with E-state index in [1.54, 1.807) is 37.6 Å². The Labute approximate surface area is 156 Å². The molecule has 0 radical (unpaired) electrons. The molecule has 140 valence electrons. The van der Waals surface area contributed by atoms with Gasteiger partial charge in [-0.2, -0.15) is 0 Å². The van der Waals surface area contributed by atoms with E-state index in [-0.39, 0.29) is 18.0 Å². The lowest BCUT2D eigenvalue weighted by molar-refractivity contribution is -0.141. The molecule has 7 heteroatoms. The summed E-state index contributed by atoms with van der Waals surface area (Å²) in [6, 6.07) is 12.3. The number of amides is 1. The molecule has 0 spiro atoms. The molecule has 0 unspecified atom stereocenters. The molecule has 3 rings (SSSR count). The first-order valence-electron chi connectivity index (χ1n) is 8.48. The summed E-state index contributed by atoms with van der Waals surface area (Å²) in [6.45, 7) is 1.94. The topological polar surface area (TPSA) is 81.9 Å². The first kappa shape index (κ1) is 18.4. The summed E-state index contributed by atoms with van der Waals surface area (Å²) in [6.07, 6.45) is 1.70. The molecule has 3 aromatic rings. The summed E-state index contributed by atoms with van der Waals surface area (Å²) in [4.78, 5) is 28.9. The van der Waals surface area contributed by atoms with Crippen molar-refractivity contribution in [2.24, 2.45) is 0 Å². The van der Waals surface area contributed by atoms with Gasteiger partial charge in [-0.3, -0.25) is 9.59 Å². The number of fused-ring (bicyclic) bond motifs is 1. The van der Waals surface area contributed by atoms with E-state index < -0.39 is 12.0 Å². The highest BCUT2D eigenvalue weighted by molar-refractivity contribution is 5.93. The summed E-state index contributed by atoms with van der Waals surface area (Å²) in [5.74, 6) is -0.0810. The number of aromatic nitrogens is 2. The molecule has 0 saturated heterocycles. The first-order valence-corrected chi connectivity index (χ1v) is 8.48. The van der Waals surface area contributed by atoms with Gasteiger partial charge in [-0.05, 0) is 36.8 Å². The van der Waals surface area contributed by atoms with Gasteiger partial charge in [0, 0.05) is 11.9 Å². The summed E-state index contributed by atoms with van der Waals surface area (Å²) in [7, 11) is 2.90. The number of aryl methyl sites for hydroxylation is 1. The summed E-state index contributed by atoms with van der Waals surface area (Å²) in [5.41, 5.74) is 2.72. The highest BCUT2D eigenvalue weighted by atomic mass is 16.5. The van der Waals surface area contributed by atoms with E-state index in [1.807, 2.05) is 29.5 Å². The fraction of sp³-hybridized carbons (Fsp3) is 0.250. The number of carbonyl (C=O) groups is 2. The molecular weight excluding hydrogens is 346 g/mol. The lowest BCUT2D eigenvalue weighted by Crippen LogP contribution is -2.30. The number of benzene rings is 1. The van der Waals surface area contributed by atoms with Crippen molar-refractivity contribution in [2.45, 2.75) is 19.4 Å². The lowest BCUT2D eigenvalue weighted by Gasteiger charge is -2.18. The van der Waals surface area contributed by atoms with E-state index in [0.29, 0.717) is 11.4 Å². The molecule has 0 bridgehead atoms. The third kappa shape index (κ3) is 4.08. The second-order valence-electron chi connectivity index (χ2n) is 6.10. The van der Waals surface area contributed by atoms with Gasteiger partial charge in [0.2, 0.25) is 0 Å². The zero-order chi connectivity index (χ0) is 19.4. The molecule has 7 nitrogen and oxygen atoms in total. The molecular formula is C20H21N3O4. The summed E-state index contributed by atoms with van der Waals surface area (Å²) >= 11 is 0. The van der Waals surface area contributed by atoms with Gasteiger partial charge in [0.25, 0.3) is 5.91 Å². The second kappa shape index (κ2) is 7.90. The zero-order valence-electron chi connectivity index (χ0n) is 15.4.